The number of carbonyl (C=O) groups is 1. The van der Waals surface area contributed by atoms with Crippen molar-refractivity contribution < 1.29 is 27.4 Å². The van der Waals surface area contributed by atoms with Gasteiger partial charge in [-0.2, -0.15) is 13.2 Å². The first-order valence-electron chi connectivity index (χ1n) is 7.51. The molecule has 1 fully saturated rings. The first-order chi connectivity index (χ1) is 10.8. The zero-order valence-electron chi connectivity index (χ0n) is 13.1. The number of alkyl halides is 3. The third kappa shape index (κ3) is 4.23. The van der Waals surface area contributed by atoms with Crippen LogP contribution >= 0.6 is 0 Å². The lowest BCUT2D eigenvalue weighted by Gasteiger charge is -2.33. The Morgan fingerprint density at radius 2 is 2.13 bits per heavy atom. The molecule has 7 heteroatoms. The summed E-state index contributed by atoms with van der Waals surface area (Å²) in [6, 6.07) is 4.56. The molecule has 2 atom stereocenters. The number of rotatable bonds is 4. The lowest BCUT2D eigenvalue weighted by molar-refractivity contribution is -0.159. The first kappa shape index (κ1) is 17.7. The van der Waals surface area contributed by atoms with Gasteiger partial charge in [0.15, 0.2) is 6.10 Å². The molecule has 1 amide bonds. The van der Waals surface area contributed by atoms with E-state index in [1.165, 1.54) is 11.0 Å². The van der Waals surface area contributed by atoms with E-state index in [0.29, 0.717) is 25.3 Å². The van der Waals surface area contributed by atoms with Crippen molar-refractivity contribution in [2.75, 3.05) is 26.4 Å². The minimum atomic E-state index is -4.41. The molecule has 0 saturated carbocycles. The molecule has 1 saturated heterocycles. The summed E-state index contributed by atoms with van der Waals surface area (Å²) < 4.78 is 49.2. The number of ether oxygens (including phenoxy) is 2. The largest absolute Gasteiger partial charge is 0.416 e. The number of halogens is 3. The van der Waals surface area contributed by atoms with Crippen LogP contribution < -0.4 is 0 Å². The summed E-state index contributed by atoms with van der Waals surface area (Å²) in [5.41, 5.74) is -0.283. The average molecular weight is 331 g/mol. The maximum atomic E-state index is 12.8. The van der Waals surface area contributed by atoms with Crippen LogP contribution in [-0.4, -0.2) is 43.3 Å². The van der Waals surface area contributed by atoms with E-state index in [9.17, 15) is 18.0 Å². The quantitative estimate of drug-likeness (QED) is 0.851. The van der Waals surface area contributed by atoms with Crippen molar-refractivity contribution in [1.82, 2.24) is 4.90 Å². The molecule has 0 N–H and O–H groups in total. The fourth-order valence-corrected chi connectivity index (χ4v) is 2.59. The van der Waals surface area contributed by atoms with Gasteiger partial charge in [0.2, 0.25) is 0 Å². The van der Waals surface area contributed by atoms with Gasteiger partial charge in [-0.25, -0.2) is 0 Å². The van der Waals surface area contributed by atoms with Crippen molar-refractivity contribution in [3.8, 4) is 0 Å². The summed E-state index contributed by atoms with van der Waals surface area (Å²) in [5, 5.41) is 0. The fourth-order valence-electron chi connectivity index (χ4n) is 2.59. The van der Waals surface area contributed by atoms with Crippen LogP contribution in [0.4, 0.5) is 13.2 Å². The van der Waals surface area contributed by atoms with Crippen LogP contribution in [0.3, 0.4) is 0 Å². The lowest BCUT2D eigenvalue weighted by atomic mass is 10.0. The third-order valence-electron chi connectivity index (χ3n) is 3.88. The Morgan fingerprint density at radius 1 is 1.39 bits per heavy atom. The van der Waals surface area contributed by atoms with Crippen molar-refractivity contribution in [1.29, 1.82) is 0 Å². The van der Waals surface area contributed by atoms with E-state index < -0.39 is 23.9 Å². The SMILES string of the molecule is CCN(C(=O)[C@H]1COCCO1)[C@@H](C)c1cccc(C(F)(F)F)c1. The summed E-state index contributed by atoms with van der Waals surface area (Å²) in [4.78, 5) is 14.0. The Bertz CT molecular complexity index is 542. The van der Waals surface area contributed by atoms with Crippen LogP contribution in [0.1, 0.15) is 31.0 Å². The number of benzene rings is 1. The normalized spacial score (nSPS) is 20.1. The van der Waals surface area contributed by atoms with Crippen molar-refractivity contribution in [2.24, 2.45) is 0 Å². The first-order valence-corrected chi connectivity index (χ1v) is 7.51. The smallest absolute Gasteiger partial charge is 0.376 e. The van der Waals surface area contributed by atoms with E-state index in [-0.39, 0.29) is 12.5 Å². The van der Waals surface area contributed by atoms with Crippen LogP contribution in [0.15, 0.2) is 24.3 Å². The number of hydrogen-bond acceptors (Lipinski definition) is 3. The van der Waals surface area contributed by atoms with Crippen LogP contribution in [0.2, 0.25) is 0 Å². The number of amides is 1. The third-order valence-corrected chi connectivity index (χ3v) is 3.88. The van der Waals surface area contributed by atoms with Gasteiger partial charge >= 0.3 is 6.18 Å². The number of hydrogen-bond donors (Lipinski definition) is 0. The van der Waals surface area contributed by atoms with E-state index in [4.69, 9.17) is 9.47 Å². The van der Waals surface area contributed by atoms with E-state index in [0.717, 1.165) is 12.1 Å². The molecule has 4 nitrogen and oxygen atoms in total. The summed E-state index contributed by atoms with van der Waals surface area (Å²) in [5.74, 6) is -0.267. The van der Waals surface area contributed by atoms with Gasteiger partial charge in [-0.15, -0.1) is 0 Å². The van der Waals surface area contributed by atoms with Crippen LogP contribution in [0.25, 0.3) is 0 Å². The number of carbonyl (C=O) groups excluding carboxylic acids is 1. The fraction of sp³-hybridized carbons (Fsp3) is 0.562. The maximum absolute atomic E-state index is 12.8. The van der Waals surface area contributed by atoms with Crippen LogP contribution in [0.5, 0.6) is 0 Å². The summed E-state index contributed by atoms with van der Waals surface area (Å²) in [6.07, 6.45) is -5.10. The molecule has 1 aliphatic rings. The molecule has 0 unspecified atom stereocenters. The van der Waals surface area contributed by atoms with Gasteiger partial charge in [-0.1, -0.05) is 12.1 Å². The van der Waals surface area contributed by atoms with E-state index in [1.54, 1.807) is 19.9 Å². The maximum Gasteiger partial charge on any atom is 0.416 e. The molecule has 23 heavy (non-hydrogen) atoms. The molecule has 1 aromatic rings. The average Bonchev–Trinajstić information content (AvgIpc) is 2.55. The molecule has 0 aliphatic carbocycles. The van der Waals surface area contributed by atoms with Gasteiger partial charge in [0.1, 0.15) is 0 Å². The second-order valence-corrected chi connectivity index (χ2v) is 5.36. The molecule has 1 aromatic carbocycles. The van der Waals surface area contributed by atoms with Gasteiger partial charge in [0.25, 0.3) is 5.91 Å². The number of nitrogens with zero attached hydrogens (tertiary/aromatic N) is 1. The van der Waals surface area contributed by atoms with Crippen molar-refractivity contribution >= 4 is 5.91 Å². The van der Waals surface area contributed by atoms with Gasteiger partial charge in [-0.3, -0.25) is 4.79 Å². The highest BCUT2D eigenvalue weighted by Gasteiger charge is 2.33. The molecule has 0 spiro atoms. The summed E-state index contributed by atoms with van der Waals surface area (Å²) in [6.45, 7) is 4.82. The van der Waals surface area contributed by atoms with Crippen molar-refractivity contribution in [3.63, 3.8) is 0 Å². The molecule has 2 rings (SSSR count). The predicted octanol–water partition coefficient (Wildman–Crippen LogP) is 3.03. The molecule has 0 aromatic heterocycles. The summed E-state index contributed by atoms with van der Waals surface area (Å²) in [7, 11) is 0. The minimum absolute atomic E-state index is 0.171. The highest BCUT2D eigenvalue weighted by Crippen LogP contribution is 2.32. The van der Waals surface area contributed by atoms with Crippen LogP contribution in [0, 0.1) is 0 Å². The Morgan fingerprint density at radius 3 is 2.70 bits per heavy atom. The van der Waals surface area contributed by atoms with Gasteiger partial charge in [0.05, 0.1) is 31.4 Å². The van der Waals surface area contributed by atoms with Crippen LogP contribution in [-0.2, 0) is 20.4 Å². The zero-order valence-corrected chi connectivity index (χ0v) is 13.1. The topological polar surface area (TPSA) is 38.8 Å². The van der Waals surface area contributed by atoms with Gasteiger partial charge in [0, 0.05) is 6.54 Å². The summed E-state index contributed by atoms with van der Waals surface area (Å²) >= 11 is 0. The highest BCUT2D eigenvalue weighted by molar-refractivity contribution is 5.81. The highest BCUT2D eigenvalue weighted by atomic mass is 19.4. The van der Waals surface area contributed by atoms with Crippen molar-refractivity contribution in [2.45, 2.75) is 32.2 Å². The lowest BCUT2D eigenvalue weighted by Crippen LogP contribution is -2.46. The van der Waals surface area contributed by atoms with Gasteiger partial charge < -0.3 is 14.4 Å². The molecule has 1 aliphatic heterocycles. The van der Waals surface area contributed by atoms with Crippen molar-refractivity contribution in [3.05, 3.63) is 35.4 Å². The van der Waals surface area contributed by atoms with E-state index in [2.05, 4.69) is 0 Å². The molecule has 128 valence electrons. The van der Waals surface area contributed by atoms with Gasteiger partial charge in [-0.05, 0) is 31.5 Å². The molecule has 0 radical (unpaired) electrons. The molecule has 0 bridgehead atoms. The second kappa shape index (κ2) is 7.31. The predicted molar refractivity (Wildman–Crippen MR) is 77.8 cm³/mol. The second-order valence-electron chi connectivity index (χ2n) is 5.36. The Kier molecular flexibility index (Phi) is 5.64. The molecular formula is C16H20F3NO3. The van der Waals surface area contributed by atoms with E-state index in [1.807, 2.05) is 0 Å². The Labute approximate surface area is 133 Å². The molecule has 1 heterocycles. The van der Waals surface area contributed by atoms with E-state index >= 15 is 0 Å². The molecular weight excluding hydrogens is 311 g/mol. The number of likely N-dealkylation sites (N-methyl/N-ethyl adjacent to an activating group) is 1. The Balaban J connectivity index is 2.19. The standard InChI is InChI=1S/C16H20F3NO3/c1-3-20(15(21)14-10-22-7-8-23-14)11(2)12-5-4-6-13(9-12)16(17,18)19/h4-6,9,11,14H,3,7-8,10H2,1-2H3/t11-,14+/m0/s1. The monoisotopic (exact) mass is 331 g/mol. The zero-order chi connectivity index (χ0) is 17.0. The Hall–Kier alpha value is -1.60. The minimum Gasteiger partial charge on any atom is -0.376 e.